The summed E-state index contributed by atoms with van der Waals surface area (Å²) in [6, 6.07) is 6.85. The zero-order valence-electron chi connectivity index (χ0n) is 14.4. The molecule has 0 saturated heterocycles. The lowest BCUT2D eigenvalue weighted by Crippen LogP contribution is -2.50. The molecule has 0 radical (unpaired) electrons. The lowest BCUT2D eigenvalue weighted by Gasteiger charge is -2.31. The standard InChI is InChI=1S/C19H19FN2O3S/c1-12-16-13(20)6-5-7-14(16)26-17(12)18(24)25-10-15(23)22-19(11-21)8-3-2-4-9-19/h5-7H,2-4,8-10H2,1H3,(H,22,23). The fourth-order valence-corrected chi connectivity index (χ4v) is 4.48. The van der Waals surface area contributed by atoms with E-state index in [2.05, 4.69) is 11.4 Å². The number of nitriles is 1. The van der Waals surface area contributed by atoms with Crippen molar-refractivity contribution in [2.45, 2.75) is 44.6 Å². The smallest absolute Gasteiger partial charge is 0.349 e. The average Bonchev–Trinajstić information content (AvgIpc) is 2.98. The molecule has 2 aromatic rings. The number of amides is 1. The molecule has 0 spiro atoms. The van der Waals surface area contributed by atoms with Gasteiger partial charge in [0.15, 0.2) is 6.61 Å². The molecule has 1 aliphatic rings. The number of rotatable bonds is 4. The van der Waals surface area contributed by atoms with Crippen molar-refractivity contribution >= 4 is 33.3 Å². The van der Waals surface area contributed by atoms with Gasteiger partial charge in [0.05, 0.1) is 6.07 Å². The number of hydrogen-bond donors (Lipinski definition) is 1. The summed E-state index contributed by atoms with van der Waals surface area (Å²) in [7, 11) is 0. The van der Waals surface area contributed by atoms with Crippen molar-refractivity contribution in [1.29, 1.82) is 5.26 Å². The minimum atomic E-state index is -0.863. The highest BCUT2D eigenvalue weighted by Crippen LogP contribution is 2.33. The maximum absolute atomic E-state index is 13.9. The van der Waals surface area contributed by atoms with E-state index in [4.69, 9.17) is 4.74 Å². The first-order valence-corrected chi connectivity index (χ1v) is 9.34. The van der Waals surface area contributed by atoms with Crippen LogP contribution in [0.2, 0.25) is 0 Å². The summed E-state index contributed by atoms with van der Waals surface area (Å²) >= 11 is 1.14. The molecule has 3 rings (SSSR count). The van der Waals surface area contributed by atoms with Gasteiger partial charge in [0.25, 0.3) is 5.91 Å². The Morgan fingerprint density at radius 3 is 2.73 bits per heavy atom. The molecule has 0 bridgehead atoms. The van der Waals surface area contributed by atoms with Gasteiger partial charge >= 0.3 is 5.97 Å². The molecule has 0 atom stereocenters. The van der Waals surface area contributed by atoms with Crippen LogP contribution in [0.15, 0.2) is 18.2 Å². The first-order chi connectivity index (χ1) is 12.5. The van der Waals surface area contributed by atoms with E-state index in [9.17, 15) is 19.2 Å². The molecule has 0 aliphatic heterocycles. The van der Waals surface area contributed by atoms with Crippen LogP contribution in [0, 0.1) is 24.1 Å². The molecule has 7 heteroatoms. The van der Waals surface area contributed by atoms with Crippen LogP contribution in [0.4, 0.5) is 4.39 Å². The van der Waals surface area contributed by atoms with E-state index in [1.165, 1.54) is 6.07 Å². The molecule has 136 valence electrons. The zero-order chi connectivity index (χ0) is 18.7. The number of halogens is 1. The molecule has 5 nitrogen and oxygen atoms in total. The number of esters is 1. The van der Waals surface area contributed by atoms with Gasteiger partial charge in [-0.2, -0.15) is 5.26 Å². The van der Waals surface area contributed by atoms with Gasteiger partial charge in [0, 0.05) is 10.1 Å². The Morgan fingerprint density at radius 2 is 2.08 bits per heavy atom. The Morgan fingerprint density at radius 1 is 1.35 bits per heavy atom. The van der Waals surface area contributed by atoms with E-state index < -0.39 is 24.0 Å². The van der Waals surface area contributed by atoms with Gasteiger partial charge in [0.1, 0.15) is 16.2 Å². The molecule has 26 heavy (non-hydrogen) atoms. The SMILES string of the molecule is Cc1c(C(=O)OCC(=O)NC2(C#N)CCCCC2)sc2cccc(F)c12. The molecule has 1 amide bonds. The Hall–Kier alpha value is -2.46. The van der Waals surface area contributed by atoms with E-state index >= 15 is 0 Å². The number of carbonyl (C=O) groups is 2. The van der Waals surface area contributed by atoms with Crippen LogP contribution < -0.4 is 5.32 Å². The maximum Gasteiger partial charge on any atom is 0.349 e. The second-order valence-electron chi connectivity index (χ2n) is 6.55. The van der Waals surface area contributed by atoms with Gasteiger partial charge in [-0.15, -0.1) is 11.3 Å². The van der Waals surface area contributed by atoms with Gasteiger partial charge in [-0.25, -0.2) is 9.18 Å². The van der Waals surface area contributed by atoms with Crippen LogP contribution >= 0.6 is 11.3 Å². The molecule has 1 saturated carbocycles. The molecule has 1 heterocycles. The number of thiophene rings is 1. The topological polar surface area (TPSA) is 79.2 Å². The van der Waals surface area contributed by atoms with E-state index in [0.29, 0.717) is 28.5 Å². The molecular formula is C19H19FN2O3S. The number of hydrogen-bond acceptors (Lipinski definition) is 5. The van der Waals surface area contributed by atoms with Crippen LogP contribution in [-0.4, -0.2) is 24.0 Å². The van der Waals surface area contributed by atoms with Gasteiger partial charge in [-0.1, -0.05) is 25.3 Å². The molecular weight excluding hydrogens is 355 g/mol. The molecule has 1 aromatic heterocycles. The van der Waals surface area contributed by atoms with Crippen molar-refractivity contribution in [2.75, 3.05) is 6.61 Å². The molecule has 1 aliphatic carbocycles. The molecule has 0 unspecified atom stereocenters. The fourth-order valence-electron chi connectivity index (χ4n) is 3.37. The largest absolute Gasteiger partial charge is 0.451 e. The third-order valence-electron chi connectivity index (χ3n) is 4.72. The lowest BCUT2D eigenvalue weighted by molar-refractivity contribution is -0.125. The summed E-state index contributed by atoms with van der Waals surface area (Å²) in [6.07, 6.45) is 4.05. The van der Waals surface area contributed by atoms with E-state index in [1.807, 2.05) is 0 Å². The van der Waals surface area contributed by atoms with Crippen molar-refractivity contribution in [3.8, 4) is 6.07 Å². The van der Waals surface area contributed by atoms with E-state index in [0.717, 1.165) is 30.6 Å². The number of carbonyl (C=O) groups excluding carboxylic acids is 2. The first kappa shape index (κ1) is 18.3. The molecule has 1 N–H and O–H groups in total. The summed E-state index contributed by atoms with van der Waals surface area (Å²) < 4.78 is 19.7. The van der Waals surface area contributed by atoms with E-state index in [-0.39, 0.29) is 10.7 Å². The second kappa shape index (κ2) is 7.42. The third kappa shape index (κ3) is 3.56. The van der Waals surface area contributed by atoms with Crippen molar-refractivity contribution in [2.24, 2.45) is 0 Å². The van der Waals surface area contributed by atoms with Crippen molar-refractivity contribution < 1.29 is 18.7 Å². The fraction of sp³-hybridized carbons (Fsp3) is 0.421. The average molecular weight is 374 g/mol. The van der Waals surface area contributed by atoms with Gasteiger partial charge in [-0.05, 0) is 37.5 Å². The van der Waals surface area contributed by atoms with Crippen LogP contribution in [0.1, 0.15) is 47.3 Å². The van der Waals surface area contributed by atoms with Gasteiger partial charge in [0.2, 0.25) is 0 Å². The Bertz CT molecular complexity index is 894. The maximum atomic E-state index is 13.9. The summed E-state index contributed by atoms with van der Waals surface area (Å²) in [6.45, 7) is 1.20. The number of aryl methyl sites for hydroxylation is 1. The van der Waals surface area contributed by atoms with Crippen LogP contribution in [0.5, 0.6) is 0 Å². The minimum Gasteiger partial charge on any atom is -0.451 e. The predicted octanol–water partition coefficient (Wildman–Crippen LogP) is 3.85. The summed E-state index contributed by atoms with van der Waals surface area (Å²) in [5, 5.41) is 12.5. The van der Waals surface area contributed by atoms with Crippen molar-refractivity contribution in [3.63, 3.8) is 0 Å². The minimum absolute atomic E-state index is 0.283. The Labute approximate surface area is 154 Å². The molecule has 1 fully saturated rings. The monoisotopic (exact) mass is 374 g/mol. The van der Waals surface area contributed by atoms with Crippen LogP contribution in [0.25, 0.3) is 10.1 Å². The highest BCUT2D eigenvalue weighted by Gasteiger charge is 2.33. The Balaban J connectivity index is 1.66. The zero-order valence-corrected chi connectivity index (χ0v) is 15.2. The summed E-state index contributed by atoms with van der Waals surface area (Å²) in [4.78, 5) is 24.7. The third-order valence-corrected chi connectivity index (χ3v) is 5.96. The lowest BCUT2D eigenvalue weighted by atomic mass is 9.83. The van der Waals surface area contributed by atoms with Gasteiger partial charge in [-0.3, -0.25) is 4.79 Å². The van der Waals surface area contributed by atoms with Crippen LogP contribution in [0.3, 0.4) is 0 Å². The van der Waals surface area contributed by atoms with E-state index in [1.54, 1.807) is 19.1 Å². The number of ether oxygens (including phenoxy) is 1. The predicted molar refractivity (Wildman–Crippen MR) is 96.4 cm³/mol. The number of benzene rings is 1. The quantitative estimate of drug-likeness (QED) is 0.825. The van der Waals surface area contributed by atoms with Crippen molar-refractivity contribution in [1.82, 2.24) is 5.32 Å². The number of nitrogens with one attached hydrogen (secondary N) is 1. The summed E-state index contributed by atoms with van der Waals surface area (Å²) in [5.41, 5.74) is -0.354. The molecule has 1 aromatic carbocycles. The van der Waals surface area contributed by atoms with Gasteiger partial charge < -0.3 is 10.1 Å². The first-order valence-electron chi connectivity index (χ1n) is 8.53. The normalized spacial score (nSPS) is 16.0. The second-order valence-corrected chi connectivity index (χ2v) is 7.60. The summed E-state index contributed by atoms with van der Waals surface area (Å²) in [5.74, 6) is -1.54. The highest BCUT2D eigenvalue weighted by molar-refractivity contribution is 7.21. The Kier molecular flexibility index (Phi) is 5.23. The van der Waals surface area contributed by atoms with Crippen LogP contribution in [-0.2, 0) is 9.53 Å². The highest BCUT2D eigenvalue weighted by atomic mass is 32.1. The number of fused-ring (bicyclic) bond motifs is 1. The number of nitrogens with zero attached hydrogens (tertiary/aromatic N) is 1. The van der Waals surface area contributed by atoms with Crippen molar-refractivity contribution in [3.05, 3.63) is 34.5 Å².